The lowest BCUT2D eigenvalue weighted by Crippen LogP contribution is -2.24. The molecule has 0 saturated heterocycles. The molecule has 0 fully saturated rings. The first-order valence-corrected chi connectivity index (χ1v) is 7.36. The van der Waals surface area contributed by atoms with Crippen molar-refractivity contribution in [1.29, 1.82) is 0 Å². The number of carbonyl (C=O) groups is 1. The standard InChI is InChI=1S/C18H15ClN2O/c1-11-7-8-12(2)13(9-11)10-16-18(22)21-17(20-16)14-5-3-4-6-15(14)19/h3-10H,1-2H3,(H,20,21,22)/b16-10+. The summed E-state index contributed by atoms with van der Waals surface area (Å²) in [6, 6.07) is 13.4. The smallest absolute Gasteiger partial charge is 0.275 e. The average Bonchev–Trinajstić information content (AvgIpc) is 2.84. The zero-order valence-corrected chi connectivity index (χ0v) is 13.1. The van der Waals surface area contributed by atoms with E-state index in [9.17, 15) is 4.79 Å². The minimum atomic E-state index is -0.212. The summed E-state index contributed by atoms with van der Waals surface area (Å²) in [6.45, 7) is 4.03. The number of hydrogen-bond acceptors (Lipinski definition) is 2. The third kappa shape index (κ3) is 2.81. The molecular formula is C18H15ClN2O. The van der Waals surface area contributed by atoms with Gasteiger partial charge in [0.05, 0.1) is 5.02 Å². The largest absolute Gasteiger partial charge is 0.305 e. The maximum atomic E-state index is 12.1. The Labute approximate surface area is 134 Å². The molecule has 0 radical (unpaired) electrons. The second-order valence-corrected chi connectivity index (χ2v) is 5.69. The molecule has 0 aliphatic carbocycles. The van der Waals surface area contributed by atoms with E-state index >= 15 is 0 Å². The predicted octanol–water partition coefficient (Wildman–Crippen LogP) is 3.87. The lowest BCUT2D eigenvalue weighted by Gasteiger charge is -2.02. The lowest BCUT2D eigenvalue weighted by molar-refractivity contribution is -0.115. The molecule has 2 aromatic carbocycles. The van der Waals surface area contributed by atoms with Gasteiger partial charge in [0.25, 0.3) is 5.91 Å². The van der Waals surface area contributed by atoms with Gasteiger partial charge in [-0.3, -0.25) is 4.79 Å². The van der Waals surface area contributed by atoms with E-state index in [1.54, 1.807) is 6.07 Å². The molecule has 0 spiro atoms. The van der Waals surface area contributed by atoms with Crippen molar-refractivity contribution in [2.24, 2.45) is 4.99 Å². The molecule has 0 aromatic heterocycles. The quantitative estimate of drug-likeness (QED) is 0.840. The number of amidine groups is 1. The molecular weight excluding hydrogens is 296 g/mol. The van der Waals surface area contributed by atoms with Crippen LogP contribution in [-0.2, 0) is 4.79 Å². The Kier molecular flexibility index (Phi) is 3.82. The highest BCUT2D eigenvalue weighted by Gasteiger charge is 2.22. The summed E-state index contributed by atoms with van der Waals surface area (Å²) >= 11 is 6.15. The summed E-state index contributed by atoms with van der Waals surface area (Å²) in [6.07, 6.45) is 1.81. The highest BCUT2D eigenvalue weighted by atomic mass is 35.5. The van der Waals surface area contributed by atoms with Crippen LogP contribution in [0.2, 0.25) is 5.02 Å². The van der Waals surface area contributed by atoms with Gasteiger partial charge in [-0.25, -0.2) is 4.99 Å². The topological polar surface area (TPSA) is 41.5 Å². The van der Waals surface area contributed by atoms with Crippen molar-refractivity contribution in [3.63, 3.8) is 0 Å². The van der Waals surface area contributed by atoms with Gasteiger partial charge in [-0.1, -0.05) is 47.5 Å². The summed E-state index contributed by atoms with van der Waals surface area (Å²) in [7, 11) is 0. The first-order valence-electron chi connectivity index (χ1n) is 6.98. The fraction of sp³-hybridized carbons (Fsp3) is 0.111. The summed E-state index contributed by atoms with van der Waals surface area (Å²) in [5.41, 5.74) is 4.36. The molecule has 0 bridgehead atoms. The van der Waals surface area contributed by atoms with Gasteiger partial charge >= 0.3 is 0 Å². The molecule has 0 unspecified atom stereocenters. The van der Waals surface area contributed by atoms with Crippen LogP contribution in [0.25, 0.3) is 6.08 Å². The van der Waals surface area contributed by atoms with Crippen molar-refractivity contribution in [3.05, 3.63) is 75.4 Å². The van der Waals surface area contributed by atoms with Crippen LogP contribution in [0.3, 0.4) is 0 Å². The molecule has 0 atom stereocenters. The van der Waals surface area contributed by atoms with Gasteiger partial charge in [0.15, 0.2) is 0 Å². The van der Waals surface area contributed by atoms with Crippen molar-refractivity contribution in [2.45, 2.75) is 13.8 Å². The summed E-state index contributed by atoms with van der Waals surface area (Å²) in [4.78, 5) is 16.5. The molecule has 3 nitrogen and oxygen atoms in total. The number of halogens is 1. The van der Waals surface area contributed by atoms with Crippen molar-refractivity contribution in [1.82, 2.24) is 5.32 Å². The summed E-state index contributed by atoms with van der Waals surface area (Å²) in [5.74, 6) is 0.281. The number of benzene rings is 2. The third-order valence-corrected chi connectivity index (χ3v) is 3.88. The molecule has 0 saturated carbocycles. The van der Waals surface area contributed by atoms with Crippen LogP contribution >= 0.6 is 11.6 Å². The maximum absolute atomic E-state index is 12.1. The molecule has 22 heavy (non-hydrogen) atoms. The zero-order valence-electron chi connectivity index (χ0n) is 12.4. The Hall–Kier alpha value is -2.39. The molecule has 1 heterocycles. The minimum absolute atomic E-state index is 0.212. The Morgan fingerprint density at radius 2 is 1.91 bits per heavy atom. The first kappa shape index (κ1) is 14.5. The third-order valence-electron chi connectivity index (χ3n) is 3.55. The predicted molar refractivity (Wildman–Crippen MR) is 90.0 cm³/mol. The van der Waals surface area contributed by atoms with Crippen molar-refractivity contribution in [2.75, 3.05) is 0 Å². The number of amides is 1. The van der Waals surface area contributed by atoms with Crippen LogP contribution < -0.4 is 5.32 Å². The Morgan fingerprint density at radius 1 is 1.14 bits per heavy atom. The van der Waals surface area contributed by atoms with Gasteiger partial charge in [0.1, 0.15) is 11.5 Å². The molecule has 1 amide bonds. The summed E-state index contributed by atoms with van der Waals surface area (Å²) in [5, 5.41) is 3.34. The fourth-order valence-electron chi connectivity index (χ4n) is 2.31. The second-order valence-electron chi connectivity index (χ2n) is 5.28. The Morgan fingerprint density at radius 3 is 2.68 bits per heavy atom. The van der Waals surface area contributed by atoms with Crippen molar-refractivity contribution < 1.29 is 4.79 Å². The number of rotatable bonds is 2. The number of aryl methyl sites for hydroxylation is 2. The minimum Gasteiger partial charge on any atom is -0.305 e. The molecule has 1 aliphatic rings. The molecule has 1 N–H and O–H groups in total. The number of carbonyl (C=O) groups excluding carboxylic acids is 1. The molecule has 110 valence electrons. The Bertz CT molecular complexity index is 822. The lowest BCUT2D eigenvalue weighted by atomic mass is 10.0. The monoisotopic (exact) mass is 310 g/mol. The van der Waals surface area contributed by atoms with Crippen LogP contribution in [0.15, 0.2) is 53.2 Å². The van der Waals surface area contributed by atoms with E-state index in [1.165, 1.54) is 0 Å². The van der Waals surface area contributed by atoms with Gasteiger partial charge in [-0.15, -0.1) is 0 Å². The van der Waals surface area contributed by atoms with E-state index < -0.39 is 0 Å². The number of aliphatic imine (C=N–C) groups is 1. The second kappa shape index (κ2) is 5.78. The number of nitrogens with one attached hydrogen (secondary N) is 1. The van der Waals surface area contributed by atoms with E-state index in [2.05, 4.69) is 10.3 Å². The highest BCUT2D eigenvalue weighted by molar-refractivity contribution is 6.35. The van der Waals surface area contributed by atoms with Gasteiger partial charge in [-0.05, 0) is 43.2 Å². The van der Waals surface area contributed by atoms with Crippen LogP contribution in [0.1, 0.15) is 22.3 Å². The van der Waals surface area contributed by atoms with Crippen LogP contribution in [0, 0.1) is 13.8 Å². The van der Waals surface area contributed by atoms with Gasteiger partial charge in [0.2, 0.25) is 0 Å². The molecule has 4 heteroatoms. The fourth-order valence-corrected chi connectivity index (χ4v) is 2.54. The summed E-state index contributed by atoms with van der Waals surface area (Å²) < 4.78 is 0. The average molecular weight is 311 g/mol. The van der Waals surface area contributed by atoms with Gasteiger partial charge in [-0.2, -0.15) is 0 Å². The Balaban J connectivity index is 2.02. The van der Waals surface area contributed by atoms with Crippen molar-refractivity contribution in [3.8, 4) is 0 Å². The molecule has 1 aliphatic heterocycles. The molecule has 3 rings (SSSR count). The van der Waals surface area contributed by atoms with E-state index in [4.69, 9.17) is 11.6 Å². The highest BCUT2D eigenvalue weighted by Crippen LogP contribution is 2.21. The van der Waals surface area contributed by atoms with Crippen LogP contribution in [-0.4, -0.2) is 11.7 Å². The maximum Gasteiger partial charge on any atom is 0.275 e. The molecule has 2 aromatic rings. The first-order chi connectivity index (χ1) is 10.5. The van der Waals surface area contributed by atoms with E-state index in [1.807, 2.05) is 56.3 Å². The normalized spacial score (nSPS) is 15.9. The SMILES string of the molecule is Cc1ccc(C)c(/C=C2/N=C(c3ccccc3Cl)NC2=O)c1. The zero-order chi connectivity index (χ0) is 15.7. The van der Waals surface area contributed by atoms with Crippen molar-refractivity contribution >= 4 is 29.4 Å². The van der Waals surface area contributed by atoms with Gasteiger partial charge in [0, 0.05) is 5.56 Å². The van der Waals surface area contributed by atoms with Crippen LogP contribution in [0.4, 0.5) is 0 Å². The number of hydrogen-bond donors (Lipinski definition) is 1. The van der Waals surface area contributed by atoms with E-state index in [0.717, 1.165) is 22.3 Å². The van der Waals surface area contributed by atoms with Gasteiger partial charge < -0.3 is 5.32 Å². The van der Waals surface area contributed by atoms with E-state index in [0.29, 0.717) is 16.6 Å². The number of nitrogens with zero attached hydrogens (tertiary/aromatic N) is 1. The van der Waals surface area contributed by atoms with Crippen LogP contribution in [0.5, 0.6) is 0 Å². The van der Waals surface area contributed by atoms with E-state index in [-0.39, 0.29) is 5.91 Å².